The van der Waals surface area contributed by atoms with Gasteiger partial charge in [-0.25, -0.2) is 4.98 Å². The molecule has 3 unspecified atom stereocenters. The van der Waals surface area contributed by atoms with Gasteiger partial charge in [-0.3, -0.25) is 0 Å². The molecule has 0 saturated heterocycles. The molecule has 2 rings (SSSR count). The van der Waals surface area contributed by atoms with Crippen molar-refractivity contribution in [3.63, 3.8) is 0 Å². The normalized spacial score (nSPS) is 27.9. The monoisotopic (exact) mass is 249 g/mol. The molecular formula is C14H23N3O. The first-order valence-electron chi connectivity index (χ1n) is 6.74. The van der Waals surface area contributed by atoms with Crippen molar-refractivity contribution in [3.05, 3.63) is 11.9 Å². The molecule has 1 aromatic rings. The molecule has 0 amide bonds. The summed E-state index contributed by atoms with van der Waals surface area (Å²) in [5.41, 5.74) is 0. The maximum Gasteiger partial charge on any atom is 0.218 e. The Hall–Kier alpha value is -1.32. The molecule has 1 fully saturated rings. The van der Waals surface area contributed by atoms with Gasteiger partial charge in [0.1, 0.15) is 11.6 Å². The second kappa shape index (κ2) is 5.55. The number of anilines is 1. The van der Waals surface area contributed by atoms with Gasteiger partial charge in [-0.1, -0.05) is 13.8 Å². The lowest BCUT2D eigenvalue weighted by atomic mass is 9.80. The SMILES string of the molecule is COc1cc(NC2CCC(C)CC2C)nc(C)n1. The minimum absolute atomic E-state index is 0.514. The number of aryl methyl sites for hydroxylation is 1. The van der Waals surface area contributed by atoms with Gasteiger partial charge < -0.3 is 10.1 Å². The Kier molecular flexibility index (Phi) is 4.04. The number of hydrogen-bond donors (Lipinski definition) is 1. The lowest BCUT2D eigenvalue weighted by molar-refractivity contribution is 0.276. The van der Waals surface area contributed by atoms with Crippen LogP contribution >= 0.6 is 0 Å². The second-order valence-electron chi connectivity index (χ2n) is 5.49. The van der Waals surface area contributed by atoms with Crippen LogP contribution in [0.4, 0.5) is 5.82 Å². The van der Waals surface area contributed by atoms with Gasteiger partial charge in [-0.05, 0) is 38.0 Å². The highest BCUT2D eigenvalue weighted by atomic mass is 16.5. The molecule has 1 aromatic heterocycles. The van der Waals surface area contributed by atoms with Gasteiger partial charge in [-0.2, -0.15) is 4.98 Å². The van der Waals surface area contributed by atoms with E-state index in [9.17, 15) is 0 Å². The molecule has 4 nitrogen and oxygen atoms in total. The Morgan fingerprint density at radius 2 is 2.06 bits per heavy atom. The van der Waals surface area contributed by atoms with Crippen LogP contribution in [0.5, 0.6) is 5.88 Å². The smallest absolute Gasteiger partial charge is 0.218 e. The van der Waals surface area contributed by atoms with E-state index in [-0.39, 0.29) is 0 Å². The van der Waals surface area contributed by atoms with Crippen molar-refractivity contribution in [3.8, 4) is 5.88 Å². The number of methoxy groups -OCH3 is 1. The molecule has 3 atom stereocenters. The van der Waals surface area contributed by atoms with Crippen molar-refractivity contribution in [1.29, 1.82) is 0 Å². The first-order chi connectivity index (χ1) is 8.58. The zero-order valence-electron chi connectivity index (χ0n) is 11.7. The molecule has 0 spiro atoms. The average Bonchev–Trinajstić information content (AvgIpc) is 2.32. The van der Waals surface area contributed by atoms with E-state index in [0.29, 0.717) is 17.8 Å². The van der Waals surface area contributed by atoms with Gasteiger partial charge in [0.2, 0.25) is 5.88 Å². The predicted octanol–water partition coefficient (Wildman–Crippen LogP) is 3.03. The summed E-state index contributed by atoms with van der Waals surface area (Å²) in [6.45, 7) is 6.54. The fourth-order valence-corrected chi connectivity index (χ4v) is 2.79. The topological polar surface area (TPSA) is 47.0 Å². The third-order valence-corrected chi connectivity index (χ3v) is 3.79. The van der Waals surface area contributed by atoms with E-state index in [1.165, 1.54) is 19.3 Å². The predicted molar refractivity (Wildman–Crippen MR) is 72.9 cm³/mol. The maximum atomic E-state index is 5.18. The van der Waals surface area contributed by atoms with Gasteiger partial charge in [0.05, 0.1) is 7.11 Å². The molecule has 0 radical (unpaired) electrons. The number of hydrogen-bond acceptors (Lipinski definition) is 4. The molecule has 0 aliphatic heterocycles. The minimum atomic E-state index is 0.514. The number of nitrogens with zero attached hydrogens (tertiary/aromatic N) is 2. The molecule has 1 aliphatic rings. The Labute approximate surface area is 109 Å². The fourth-order valence-electron chi connectivity index (χ4n) is 2.79. The highest BCUT2D eigenvalue weighted by molar-refractivity contribution is 5.39. The third-order valence-electron chi connectivity index (χ3n) is 3.79. The highest BCUT2D eigenvalue weighted by Gasteiger charge is 2.25. The molecule has 0 aromatic carbocycles. The molecular weight excluding hydrogens is 226 g/mol. The summed E-state index contributed by atoms with van der Waals surface area (Å²) in [6.07, 6.45) is 3.80. The maximum absolute atomic E-state index is 5.18. The fraction of sp³-hybridized carbons (Fsp3) is 0.714. The van der Waals surface area contributed by atoms with E-state index in [1.807, 2.05) is 13.0 Å². The number of aromatic nitrogens is 2. The van der Waals surface area contributed by atoms with E-state index >= 15 is 0 Å². The molecule has 18 heavy (non-hydrogen) atoms. The van der Waals surface area contributed by atoms with Crippen molar-refractivity contribution in [2.75, 3.05) is 12.4 Å². The van der Waals surface area contributed by atoms with Crippen LogP contribution in [-0.4, -0.2) is 23.1 Å². The van der Waals surface area contributed by atoms with Crippen molar-refractivity contribution >= 4 is 5.82 Å². The van der Waals surface area contributed by atoms with E-state index < -0.39 is 0 Å². The van der Waals surface area contributed by atoms with Crippen LogP contribution in [0.25, 0.3) is 0 Å². The summed E-state index contributed by atoms with van der Waals surface area (Å²) >= 11 is 0. The number of nitrogens with one attached hydrogen (secondary N) is 1. The van der Waals surface area contributed by atoms with Crippen LogP contribution < -0.4 is 10.1 Å². The van der Waals surface area contributed by atoms with E-state index in [2.05, 4.69) is 29.1 Å². The summed E-state index contributed by atoms with van der Waals surface area (Å²) in [5.74, 6) is 3.79. The molecule has 100 valence electrons. The zero-order chi connectivity index (χ0) is 13.1. The molecule has 1 N–H and O–H groups in total. The van der Waals surface area contributed by atoms with Gasteiger partial charge in [-0.15, -0.1) is 0 Å². The Balaban J connectivity index is 2.06. The summed E-state index contributed by atoms with van der Waals surface area (Å²) in [5, 5.41) is 3.54. The van der Waals surface area contributed by atoms with Crippen molar-refractivity contribution in [2.24, 2.45) is 11.8 Å². The third kappa shape index (κ3) is 3.12. The lowest BCUT2D eigenvalue weighted by Gasteiger charge is -2.33. The Bertz CT molecular complexity index is 408. The number of ether oxygens (including phenoxy) is 1. The van der Waals surface area contributed by atoms with Gasteiger partial charge in [0.15, 0.2) is 0 Å². The summed E-state index contributed by atoms with van der Waals surface area (Å²) in [4.78, 5) is 8.63. The van der Waals surface area contributed by atoms with Gasteiger partial charge in [0, 0.05) is 12.1 Å². The molecule has 4 heteroatoms. The van der Waals surface area contributed by atoms with Crippen molar-refractivity contribution in [2.45, 2.75) is 46.1 Å². The van der Waals surface area contributed by atoms with Crippen LogP contribution in [0, 0.1) is 18.8 Å². The molecule has 0 bridgehead atoms. The van der Waals surface area contributed by atoms with Gasteiger partial charge >= 0.3 is 0 Å². The van der Waals surface area contributed by atoms with Crippen LogP contribution in [-0.2, 0) is 0 Å². The van der Waals surface area contributed by atoms with Crippen LogP contribution in [0.1, 0.15) is 38.9 Å². The standard InChI is InChI=1S/C14H23N3O/c1-9-5-6-12(10(2)7-9)17-13-8-14(18-4)16-11(3)15-13/h8-10,12H,5-7H2,1-4H3,(H,15,16,17). The van der Waals surface area contributed by atoms with Crippen LogP contribution in [0.3, 0.4) is 0 Å². The largest absolute Gasteiger partial charge is 0.481 e. The van der Waals surface area contributed by atoms with E-state index in [0.717, 1.165) is 17.6 Å². The number of rotatable bonds is 3. The van der Waals surface area contributed by atoms with E-state index in [1.54, 1.807) is 7.11 Å². The average molecular weight is 249 g/mol. The quantitative estimate of drug-likeness (QED) is 0.894. The Morgan fingerprint density at radius 3 is 2.72 bits per heavy atom. The highest BCUT2D eigenvalue weighted by Crippen LogP contribution is 2.30. The van der Waals surface area contributed by atoms with Crippen LogP contribution in [0.15, 0.2) is 6.07 Å². The summed E-state index contributed by atoms with van der Waals surface area (Å²) < 4.78 is 5.18. The summed E-state index contributed by atoms with van der Waals surface area (Å²) in [7, 11) is 1.64. The molecule has 1 saturated carbocycles. The minimum Gasteiger partial charge on any atom is -0.481 e. The Morgan fingerprint density at radius 1 is 1.28 bits per heavy atom. The first kappa shape index (κ1) is 13.1. The lowest BCUT2D eigenvalue weighted by Crippen LogP contribution is -2.33. The van der Waals surface area contributed by atoms with E-state index in [4.69, 9.17) is 4.74 Å². The van der Waals surface area contributed by atoms with Crippen molar-refractivity contribution < 1.29 is 4.74 Å². The van der Waals surface area contributed by atoms with Crippen molar-refractivity contribution in [1.82, 2.24) is 9.97 Å². The second-order valence-corrected chi connectivity index (χ2v) is 5.49. The summed E-state index contributed by atoms with van der Waals surface area (Å²) in [6, 6.07) is 2.39. The first-order valence-corrected chi connectivity index (χ1v) is 6.74. The van der Waals surface area contributed by atoms with Crippen LogP contribution in [0.2, 0.25) is 0 Å². The zero-order valence-corrected chi connectivity index (χ0v) is 11.7. The molecule has 1 heterocycles. The molecule has 1 aliphatic carbocycles. The van der Waals surface area contributed by atoms with Gasteiger partial charge in [0.25, 0.3) is 0 Å².